The van der Waals surface area contributed by atoms with Crippen LogP contribution in [0.2, 0.25) is 0 Å². The summed E-state index contributed by atoms with van der Waals surface area (Å²) in [4.78, 5) is 0. The highest BCUT2D eigenvalue weighted by Gasteiger charge is 2.42. The lowest BCUT2D eigenvalue weighted by Gasteiger charge is -2.34. The van der Waals surface area contributed by atoms with Crippen molar-refractivity contribution in [2.24, 2.45) is 23.5 Å². The maximum Gasteiger partial charge on any atom is 0.0656 e. The summed E-state index contributed by atoms with van der Waals surface area (Å²) in [6.45, 7) is 4.73. The molecule has 100 valence electrons. The number of hydrogen-bond donors (Lipinski definition) is 2. The number of ether oxygens (including phenoxy) is 1. The summed E-state index contributed by atoms with van der Waals surface area (Å²) in [5.41, 5.74) is 5.93. The van der Waals surface area contributed by atoms with Gasteiger partial charge >= 0.3 is 0 Å². The zero-order chi connectivity index (χ0) is 12.3. The van der Waals surface area contributed by atoms with E-state index in [2.05, 4.69) is 12.2 Å². The number of nitrogens with two attached hydrogens (primary N) is 1. The Kier molecular flexibility index (Phi) is 4.45. The van der Waals surface area contributed by atoms with Gasteiger partial charge in [-0.1, -0.05) is 6.92 Å². The summed E-state index contributed by atoms with van der Waals surface area (Å²) in [6.07, 6.45) is 6.85. The molecule has 0 spiro atoms. The van der Waals surface area contributed by atoms with Gasteiger partial charge in [-0.05, 0) is 56.4 Å². The highest BCUT2D eigenvalue weighted by molar-refractivity contribution is 4.95. The van der Waals surface area contributed by atoms with Crippen molar-refractivity contribution in [2.75, 3.05) is 26.8 Å². The Balaban J connectivity index is 1.84. The Labute approximate surface area is 105 Å². The summed E-state index contributed by atoms with van der Waals surface area (Å²) in [5.74, 6) is 2.92. The van der Waals surface area contributed by atoms with Crippen molar-refractivity contribution in [3.8, 4) is 0 Å². The van der Waals surface area contributed by atoms with Gasteiger partial charge in [0.1, 0.15) is 0 Å². The summed E-state index contributed by atoms with van der Waals surface area (Å²) < 4.78 is 5.33. The summed E-state index contributed by atoms with van der Waals surface area (Å²) in [5, 5.41) is 3.73. The van der Waals surface area contributed by atoms with Gasteiger partial charge in [-0.2, -0.15) is 0 Å². The second kappa shape index (κ2) is 5.68. The van der Waals surface area contributed by atoms with Crippen LogP contribution < -0.4 is 11.1 Å². The molecular formula is C14H28N2O. The van der Waals surface area contributed by atoms with Crippen LogP contribution in [-0.4, -0.2) is 32.3 Å². The Morgan fingerprint density at radius 3 is 2.24 bits per heavy atom. The van der Waals surface area contributed by atoms with Crippen molar-refractivity contribution in [2.45, 2.75) is 44.6 Å². The zero-order valence-corrected chi connectivity index (χ0v) is 11.4. The third kappa shape index (κ3) is 3.43. The van der Waals surface area contributed by atoms with Crippen LogP contribution in [0, 0.1) is 17.8 Å². The van der Waals surface area contributed by atoms with Crippen molar-refractivity contribution in [3.05, 3.63) is 0 Å². The zero-order valence-electron chi connectivity index (χ0n) is 11.4. The molecule has 0 aromatic carbocycles. The number of nitrogens with one attached hydrogen (secondary N) is 1. The van der Waals surface area contributed by atoms with E-state index in [0.29, 0.717) is 6.54 Å². The first-order chi connectivity index (χ1) is 8.24. The van der Waals surface area contributed by atoms with Crippen LogP contribution in [0.4, 0.5) is 0 Å². The first kappa shape index (κ1) is 13.3. The minimum absolute atomic E-state index is 0.00319. The maximum absolute atomic E-state index is 5.93. The fourth-order valence-electron chi connectivity index (χ4n) is 2.93. The number of hydrogen-bond acceptors (Lipinski definition) is 3. The van der Waals surface area contributed by atoms with Crippen molar-refractivity contribution in [3.63, 3.8) is 0 Å². The van der Waals surface area contributed by atoms with Crippen LogP contribution in [0.1, 0.15) is 39.0 Å². The largest absolute Gasteiger partial charge is 0.383 e. The molecule has 2 rings (SSSR count). The average Bonchev–Trinajstić information content (AvgIpc) is 3.20. The number of rotatable bonds is 9. The molecule has 0 aromatic heterocycles. The average molecular weight is 240 g/mol. The molecule has 0 aromatic rings. The summed E-state index contributed by atoms with van der Waals surface area (Å²) in [7, 11) is 1.76. The monoisotopic (exact) mass is 240 g/mol. The SMILES string of the molecule is CCC(CN)(COC)NCC(C1CC1)C1CC1. The third-order valence-corrected chi connectivity index (χ3v) is 4.66. The Hall–Kier alpha value is -0.120. The van der Waals surface area contributed by atoms with Crippen LogP contribution in [0.15, 0.2) is 0 Å². The molecule has 0 saturated heterocycles. The van der Waals surface area contributed by atoms with Gasteiger partial charge in [-0.3, -0.25) is 0 Å². The molecule has 2 aliphatic rings. The second-order valence-electron chi connectivity index (χ2n) is 5.99. The van der Waals surface area contributed by atoms with E-state index in [-0.39, 0.29) is 5.54 Å². The molecular weight excluding hydrogens is 212 g/mol. The van der Waals surface area contributed by atoms with Gasteiger partial charge in [0, 0.05) is 13.7 Å². The molecule has 3 nitrogen and oxygen atoms in total. The molecule has 1 atom stereocenters. The molecule has 3 heteroatoms. The smallest absolute Gasteiger partial charge is 0.0656 e. The van der Waals surface area contributed by atoms with Gasteiger partial charge < -0.3 is 15.8 Å². The van der Waals surface area contributed by atoms with E-state index in [1.807, 2.05) is 0 Å². The Morgan fingerprint density at radius 1 is 1.29 bits per heavy atom. The maximum atomic E-state index is 5.93. The molecule has 2 aliphatic carbocycles. The van der Waals surface area contributed by atoms with E-state index in [1.54, 1.807) is 7.11 Å². The highest BCUT2D eigenvalue weighted by atomic mass is 16.5. The van der Waals surface area contributed by atoms with Gasteiger partial charge in [0.25, 0.3) is 0 Å². The summed E-state index contributed by atoms with van der Waals surface area (Å²) in [6, 6.07) is 0. The van der Waals surface area contributed by atoms with Gasteiger partial charge in [0.15, 0.2) is 0 Å². The molecule has 0 radical (unpaired) electrons. The molecule has 17 heavy (non-hydrogen) atoms. The minimum Gasteiger partial charge on any atom is -0.383 e. The summed E-state index contributed by atoms with van der Waals surface area (Å²) >= 11 is 0. The quantitative estimate of drug-likeness (QED) is 0.645. The molecule has 3 N–H and O–H groups in total. The number of methoxy groups -OCH3 is 1. The molecule has 0 amide bonds. The molecule has 2 fully saturated rings. The topological polar surface area (TPSA) is 47.3 Å². The van der Waals surface area contributed by atoms with Crippen LogP contribution >= 0.6 is 0 Å². The lowest BCUT2D eigenvalue weighted by molar-refractivity contribution is 0.104. The van der Waals surface area contributed by atoms with Gasteiger partial charge in [-0.25, -0.2) is 0 Å². The van der Waals surface area contributed by atoms with E-state index >= 15 is 0 Å². The van der Waals surface area contributed by atoms with E-state index < -0.39 is 0 Å². The van der Waals surface area contributed by atoms with Crippen LogP contribution in [-0.2, 0) is 4.74 Å². The lowest BCUT2D eigenvalue weighted by atomic mass is 9.93. The standard InChI is InChI=1S/C14H28N2O/c1-3-14(9-15,10-17-2)16-8-13(11-4-5-11)12-6-7-12/h11-13,16H,3-10,15H2,1-2H3. The lowest BCUT2D eigenvalue weighted by Crippen LogP contribution is -2.55. The highest BCUT2D eigenvalue weighted by Crippen LogP contribution is 2.48. The van der Waals surface area contributed by atoms with Crippen molar-refractivity contribution < 1.29 is 4.74 Å². The first-order valence-electron chi connectivity index (χ1n) is 7.18. The van der Waals surface area contributed by atoms with Crippen molar-refractivity contribution >= 4 is 0 Å². The molecule has 0 bridgehead atoms. The van der Waals surface area contributed by atoms with Crippen LogP contribution in [0.25, 0.3) is 0 Å². The molecule has 0 aliphatic heterocycles. The van der Waals surface area contributed by atoms with E-state index in [4.69, 9.17) is 10.5 Å². The fraction of sp³-hybridized carbons (Fsp3) is 1.00. The molecule has 0 heterocycles. The van der Waals surface area contributed by atoms with E-state index in [9.17, 15) is 0 Å². The van der Waals surface area contributed by atoms with E-state index in [1.165, 1.54) is 25.7 Å². The van der Waals surface area contributed by atoms with E-state index in [0.717, 1.165) is 37.3 Å². The van der Waals surface area contributed by atoms with Crippen LogP contribution in [0.3, 0.4) is 0 Å². The third-order valence-electron chi connectivity index (χ3n) is 4.66. The van der Waals surface area contributed by atoms with Crippen molar-refractivity contribution in [1.82, 2.24) is 5.32 Å². The predicted octanol–water partition coefficient (Wildman–Crippen LogP) is 1.77. The van der Waals surface area contributed by atoms with Gasteiger partial charge in [0.2, 0.25) is 0 Å². The fourth-order valence-corrected chi connectivity index (χ4v) is 2.93. The predicted molar refractivity (Wildman–Crippen MR) is 70.9 cm³/mol. The Bertz CT molecular complexity index is 220. The van der Waals surface area contributed by atoms with Crippen LogP contribution in [0.5, 0.6) is 0 Å². The molecule has 1 unspecified atom stereocenters. The first-order valence-corrected chi connectivity index (χ1v) is 7.18. The normalized spacial score (nSPS) is 24.0. The van der Waals surface area contributed by atoms with Crippen molar-refractivity contribution in [1.29, 1.82) is 0 Å². The minimum atomic E-state index is -0.00319. The van der Waals surface area contributed by atoms with Gasteiger partial charge in [0.05, 0.1) is 12.1 Å². The van der Waals surface area contributed by atoms with Gasteiger partial charge in [-0.15, -0.1) is 0 Å². The second-order valence-corrected chi connectivity index (χ2v) is 5.99. The Morgan fingerprint density at radius 2 is 1.88 bits per heavy atom. The molecule has 2 saturated carbocycles.